The standard InChI is InChI=1S/C21H21NO2.C15H15FO/c1-3-16(14-18-6-8-19(15-22)9-7-18)4-5-17-10-12-20(13-11-17)21(23)24-2;1-17-15-10-6-13(7-11-15)3-2-12-4-8-14(16)9-5-12/h3,6-13,16H,1,4-5,14H2,2H3;4-11H,2-3H2,1H3. The number of nitrogens with zero attached hydrogens (tertiary/aromatic N) is 1. The molecule has 0 aliphatic rings. The fraction of sp³-hybridized carbons (Fsp3) is 0.222. The van der Waals surface area contributed by atoms with Gasteiger partial charge in [0.1, 0.15) is 11.6 Å². The van der Waals surface area contributed by atoms with Crippen molar-refractivity contribution in [3.05, 3.63) is 149 Å². The molecule has 4 nitrogen and oxygen atoms in total. The minimum atomic E-state index is -0.314. The maximum absolute atomic E-state index is 12.7. The van der Waals surface area contributed by atoms with Crippen LogP contribution in [0.4, 0.5) is 4.39 Å². The molecule has 0 aromatic heterocycles. The molecule has 0 heterocycles. The van der Waals surface area contributed by atoms with E-state index in [1.54, 1.807) is 19.2 Å². The molecular formula is C36H36FNO3. The number of hydrogen-bond donors (Lipinski definition) is 0. The zero-order chi connectivity index (χ0) is 29.5. The molecule has 0 amide bonds. The number of allylic oxidation sites excluding steroid dienone is 1. The van der Waals surface area contributed by atoms with Crippen LogP contribution in [0.5, 0.6) is 5.75 Å². The van der Waals surface area contributed by atoms with Crippen molar-refractivity contribution in [2.24, 2.45) is 5.92 Å². The third-order valence-electron chi connectivity index (χ3n) is 6.87. The number of ether oxygens (including phenoxy) is 2. The molecule has 0 radical (unpaired) electrons. The molecule has 0 saturated heterocycles. The SMILES string of the molecule is C=CC(CCc1ccc(C(=O)OC)cc1)Cc1ccc(C#N)cc1.COc1ccc(CCc2ccc(F)cc2)cc1. The van der Waals surface area contributed by atoms with E-state index in [2.05, 4.69) is 24.8 Å². The van der Waals surface area contributed by atoms with E-state index in [4.69, 9.17) is 14.7 Å². The zero-order valence-corrected chi connectivity index (χ0v) is 23.7. The number of halogens is 1. The molecule has 5 heteroatoms. The predicted octanol–water partition coefficient (Wildman–Crippen LogP) is 7.94. The molecule has 210 valence electrons. The molecule has 0 aliphatic heterocycles. The van der Waals surface area contributed by atoms with Crippen molar-refractivity contribution >= 4 is 5.97 Å². The predicted molar refractivity (Wildman–Crippen MR) is 161 cm³/mol. The molecule has 0 saturated carbocycles. The van der Waals surface area contributed by atoms with Crippen LogP contribution < -0.4 is 4.74 Å². The first-order chi connectivity index (χ1) is 19.9. The van der Waals surface area contributed by atoms with Crippen molar-refractivity contribution in [2.45, 2.75) is 32.1 Å². The first-order valence-electron chi connectivity index (χ1n) is 13.6. The van der Waals surface area contributed by atoms with Crippen LogP contribution in [-0.4, -0.2) is 20.2 Å². The molecule has 0 bridgehead atoms. The molecular weight excluding hydrogens is 513 g/mol. The summed E-state index contributed by atoms with van der Waals surface area (Å²) < 4.78 is 22.5. The van der Waals surface area contributed by atoms with Crippen LogP contribution in [0.1, 0.15) is 44.6 Å². The van der Waals surface area contributed by atoms with Crippen LogP contribution in [-0.2, 0) is 30.4 Å². The van der Waals surface area contributed by atoms with Crippen LogP contribution >= 0.6 is 0 Å². The Labute approximate surface area is 242 Å². The fourth-order valence-corrected chi connectivity index (χ4v) is 4.33. The number of esters is 1. The van der Waals surface area contributed by atoms with E-state index >= 15 is 0 Å². The molecule has 0 N–H and O–H groups in total. The van der Waals surface area contributed by atoms with Gasteiger partial charge < -0.3 is 9.47 Å². The summed E-state index contributed by atoms with van der Waals surface area (Å²) in [5.74, 6) is 0.748. The summed E-state index contributed by atoms with van der Waals surface area (Å²) in [6.45, 7) is 3.94. The highest BCUT2D eigenvalue weighted by Crippen LogP contribution is 2.18. The van der Waals surface area contributed by atoms with Gasteiger partial charge in [0, 0.05) is 0 Å². The Bertz CT molecular complexity index is 1400. The Hall–Kier alpha value is -4.69. The van der Waals surface area contributed by atoms with Gasteiger partial charge in [-0.25, -0.2) is 9.18 Å². The van der Waals surface area contributed by atoms with Gasteiger partial charge in [0.25, 0.3) is 0 Å². The Morgan fingerprint density at radius 1 is 0.805 bits per heavy atom. The minimum Gasteiger partial charge on any atom is -0.497 e. The Morgan fingerprint density at radius 2 is 1.32 bits per heavy atom. The largest absolute Gasteiger partial charge is 0.497 e. The Kier molecular flexibility index (Phi) is 12.4. The van der Waals surface area contributed by atoms with Crippen molar-refractivity contribution in [3.8, 4) is 11.8 Å². The second-order valence-corrected chi connectivity index (χ2v) is 9.71. The van der Waals surface area contributed by atoms with Gasteiger partial charge in [-0.3, -0.25) is 0 Å². The van der Waals surface area contributed by atoms with Crippen LogP contribution in [0.15, 0.2) is 110 Å². The molecule has 0 aliphatic carbocycles. The van der Waals surface area contributed by atoms with Gasteiger partial charge in [-0.2, -0.15) is 5.26 Å². The number of nitriles is 1. The Morgan fingerprint density at radius 3 is 1.83 bits per heavy atom. The highest BCUT2D eigenvalue weighted by atomic mass is 19.1. The normalized spacial score (nSPS) is 10.9. The third kappa shape index (κ3) is 10.4. The van der Waals surface area contributed by atoms with E-state index in [0.717, 1.165) is 43.4 Å². The summed E-state index contributed by atoms with van der Waals surface area (Å²) in [7, 11) is 3.04. The summed E-state index contributed by atoms with van der Waals surface area (Å²) in [6, 6.07) is 32.1. The van der Waals surface area contributed by atoms with E-state index in [-0.39, 0.29) is 11.8 Å². The fourth-order valence-electron chi connectivity index (χ4n) is 4.33. The van der Waals surface area contributed by atoms with Gasteiger partial charge in [0.2, 0.25) is 0 Å². The van der Waals surface area contributed by atoms with Crippen molar-refractivity contribution in [2.75, 3.05) is 14.2 Å². The number of carbonyl (C=O) groups excluding carboxylic acids is 1. The molecule has 1 unspecified atom stereocenters. The molecule has 41 heavy (non-hydrogen) atoms. The highest BCUT2D eigenvalue weighted by molar-refractivity contribution is 5.89. The molecule has 4 rings (SSSR count). The lowest BCUT2D eigenvalue weighted by molar-refractivity contribution is 0.0600. The number of carbonyl (C=O) groups is 1. The van der Waals surface area contributed by atoms with E-state index in [1.807, 2.05) is 66.7 Å². The average molecular weight is 550 g/mol. The molecule has 4 aromatic rings. The van der Waals surface area contributed by atoms with Gasteiger partial charge in [-0.05, 0) is 109 Å². The van der Waals surface area contributed by atoms with Crippen molar-refractivity contribution in [3.63, 3.8) is 0 Å². The summed E-state index contributed by atoms with van der Waals surface area (Å²) in [6.07, 6.45) is 6.69. The average Bonchev–Trinajstić information content (AvgIpc) is 3.03. The van der Waals surface area contributed by atoms with Gasteiger partial charge in [-0.15, -0.1) is 6.58 Å². The van der Waals surface area contributed by atoms with E-state index in [9.17, 15) is 9.18 Å². The van der Waals surface area contributed by atoms with E-state index < -0.39 is 0 Å². The van der Waals surface area contributed by atoms with Gasteiger partial charge in [-0.1, -0.05) is 54.6 Å². The summed E-state index contributed by atoms with van der Waals surface area (Å²) in [5, 5.41) is 8.84. The summed E-state index contributed by atoms with van der Waals surface area (Å²) >= 11 is 0. The topological polar surface area (TPSA) is 59.3 Å². The van der Waals surface area contributed by atoms with E-state index in [0.29, 0.717) is 17.0 Å². The number of rotatable bonds is 11. The minimum absolute atomic E-state index is 0.182. The smallest absolute Gasteiger partial charge is 0.337 e. The van der Waals surface area contributed by atoms with Gasteiger partial charge >= 0.3 is 5.97 Å². The second-order valence-electron chi connectivity index (χ2n) is 9.71. The lowest BCUT2D eigenvalue weighted by Crippen LogP contribution is -2.04. The highest BCUT2D eigenvalue weighted by Gasteiger charge is 2.08. The number of methoxy groups -OCH3 is 2. The van der Waals surface area contributed by atoms with E-state index in [1.165, 1.54) is 35.9 Å². The third-order valence-corrected chi connectivity index (χ3v) is 6.87. The maximum atomic E-state index is 12.7. The summed E-state index contributed by atoms with van der Waals surface area (Å²) in [5.41, 5.74) is 6.06. The lowest BCUT2D eigenvalue weighted by atomic mass is 9.92. The quantitative estimate of drug-likeness (QED) is 0.141. The summed E-state index contributed by atoms with van der Waals surface area (Å²) in [4.78, 5) is 11.4. The first-order valence-corrected chi connectivity index (χ1v) is 13.6. The van der Waals surface area contributed by atoms with Crippen LogP contribution in [0, 0.1) is 23.1 Å². The van der Waals surface area contributed by atoms with Crippen LogP contribution in [0.2, 0.25) is 0 Å². The second kappa shape index (κ2) is 16.4. The monoisotopic (exact) mass is 549 g/mol. The molecule has 0 spiro atoms. The number of benzene rings is 4. The van der Waals surface area contributed by atoms with Gasteiger partial charge in [0.15, 0.2) is 0 Å². The molecule has 1 atom stereocenters. The van der Waals surface area contributed by atoms with Crippen LogP contribution in [0.3, 0.4) is 0 Å². The number of hydrogen-bond acceptors (Lipinski definition) is 4. The van der Waals surface area contributed by atoms with Crippen LogP contribution in [0.25, 0.3) is 0 Å². The molecule has 0 fully saturated rings. The van der Waals surface area contributed by atoms with Crippen molar-refractivity contribution < 1.29 is 18.7 Å². The zero-order valence-electron chi connectivity index (χ0n) is 23.7. The maximum Gasteiger partial charge on any atom is 0.337 e. The van der Waals surface area contributed by atoms with Crippen molar-refractivity contribution in [1.29, 1.82) is 5.26 Å². The molecule has 4 aromatic carbocycles. The Balaban J connectivity index is 0.000000239. The van der Waals surface area contributed by atoms with Crippen molar-refractivity contribution in [1.82, 2.24) is 0 Å². The first kappa shape index (κ1) is 30.8. The van der Waals surface area contributed by atoms with Gasteiger partial charge in [0.05, 0.1) is 31.4 Å². The lowest BCUT2D eigenvalue weighted by Gasteiger charge is -2.13. The number of aryl methyl sites for hydroxylation is 3.